The molecule has 35 heavy (non-hydrogen) atoms. The smallest absolute Gasteiger partial charge is 0.306 e. The number of pyridine rings is 1. The van der Waals surface area contributed by atoms with Gasteiger partial charge in [0.05, 0.1) is 5.71 Å². The van der Waals surface area contributed by atoms with Crippen molar-refractivity contribution in [3.05, 3.63) is 47.8 Å². The number of aromatic nitrogens is 1. The van der Waals surface area contributed by atoms with E-state index in [0.717, 1.165) is 68.7 Å². The summed E-state index contributed by atoms with van der Waals surface area (Å²) in [6.07, 6.45) is 20.0. The molecule has 5 nitrogen and oxygen atoms in total. The van der Waals surface area contributed by atoms with Crippen molar-refractivity contribution >= 4 is 17.4 Å². The number of likely N-dealkylation sites (tertiary alicyclic amines) is 1. The molecule has 5 heteroatoms. The van der Waals surface area contributed by atoms with Gasteiger partial charge in [0, 0.05) is 25.5 Å². The number of amides is 1. The van der Waals surface area contributed by atoms with E-state index in [2.05, 4.69) is 54.5 Å². The van der Waals surface area contributed by atoms with E-state index in [1.165, 1.54) is 43.2 Å². The van der Waals surface area contributed by atoms with Crippen molar-refractivity contribution in [3.8, 4) is 0 Å². The number of nitrogens with zero attached hydrogens (tertiary/aromatic N) is 3. The maximum absolute atomic E-state index is 12.4. The van der Waals surface area contributed by atoms with Crippen molar-refractivity contribution in [2.45, 2.75) is 78.1 Å². The highest BCUT2D eigenvalue weighted by Gasteiger charge is 2.57. The van der Waals surface area contributed by atoms with Gasteiger partial charge in [-0.2, -0.15) is 0 Å². The largest absolute Gasteiger partial charge is 0.435 e. The normalized spacial score (nSPS) is 37.6. The lowest BCUT2D eigenvalue weighted by molar-refractivity contribution is -0.0191. The Kier molecular flexibility index (Phi) is 5.85. The Morgan fingerprint density at radius 1 is 1.09 bits per heavy atom. The van der Waals surface area contributed by atoms with E-state index in [1.54, 1.807) is 10.5 Å². The second kappa shape index (κ2) is 8.90. The molecule has 0 unspecified atom stereocenters. The zero-order valence-corrected chi connectivity index (χ0v) is 21.3. The highest BCUT2D eigenvalue weighted by atomic mass is 16.7. The molecule has 5 aliphatic rings. The van der Waals surface area contributed by atoms with Crippen LogP contribution in [-0.4, -0.2) is 34.8 Å². The molecular formula is C30H39N3O2. The number of piperidine rings is 1. The Morgan fingerprint density at radius 3 is 2.74 bits per heavy atom. The Hall–Kier alpha value is -2.43. The van der Waals surface area contributed by atoms with E-state index in [1.807, 2.05) is 6.20 Å². The first kappa shape index (κ1) is 23.0. The number of allylic oxidation sites excluding steroid dienone is 4. The van der Waals surface area contributed by atoms with Gasteiger partial charge in [0.25, 0.3) is 0 Å². The molecule has 186 valence electrons. The van der Waals surface area contributed by atoms with E-state index < -0.39 is 0 Å². The molecule has 0 radical (unpaired) electrons. The van der Waals surface area contributed by atoms with Gasteiger partial charge in [-0.3, -0.25) is 9.82 Å². The Balaban J connectivity index is 1.18. The van der Waals surface area contributed by atoms with Gasteiger partial charge >= 0.3 is 6.09 Å². The molecule has 1 amide bonds. The zero-order valence-electron chi connectivity index (χ0n) is 21.3. The van der Waals surface area contributed by atoms with Crippen molar-refractivity contribution < 1.29 is 9.63 Å². The standard InChI is InChI=1S/C30H39N3O2/c1-29-14-12-23(32-35-28(34)33-17-4-3-5-18-33)19-22(29)8-9-24-26-11-10-25(21-7-6-16-31-20-21)30(26,2)15-13-27(24)29/h6-7,10,16,19-20,24,26-27H,3-5,8-9,11-15,17-18H2,1-2H3/t24-,26+,27+,29+,30-/m1/s1. The highest BCUT2D eigenvalue weighted by molar-refractivity contribution is 5.96. The molecule has 1 aromatic heterocycles. The summed E-state index contributed by atoms with van der Waals surface area (Å²) < 4.78 is 0. The minimum Gasteiger partial charge on any atom is -0.306 e. The van der Waals surface area contributed by atoms with Crippen molar-refractivity contribution in [2.24, 2.45) is 33.7 Å². The van der Waals surface area contributed by atoms with Crippen LogP contribution in [0.1, 0.15) is 83.6 Å². The highest BCUT2D eigenvalue weighted by Crippen LogP contribution is 2.66. The number of fused-ring (bicyclic) bond motifs is 5. The number of hydrogen-bond acceptors (Lipinski definition) is 4. The quantitative estimate of drug-likeness (QED) is 0.343. The molecule has 6 rings (SSSR count). The van der Waals surface area contributed by atoms with Crippen LogP contribution >= 0.6 is 0 Å². The third-order valence-corrected chi connectivity index (χ3v) is 10.4. The third kappa shape index (κ3) is 3.86. The van der Waals surface area contributed by atoms with Crippen molar-refractivity contribution in [2.75, 3.05) is 13.1 Å². The molecule has 0 N–H and O–H groups in total. The van der Waals surface area contributed by atoms with E-state index in [4.69, 9.17) is 4.84 Å². The maximum Gasteiger partial charge on any atom is 0.435 e. The Bertz CT molecular complexity index is 1070. The molecule has 3 fully saturated rings. The minimum absolute atomic E-state index is 0.247. The summed E-state index contributed by atoms with van der Waals surface area (Å²) in [6, 6.07) is 4.31. The van der Waals surface area contributed by atoms with Crippen LogP contribution in [0.25, 0.3) is 5.57 Å². The first-order chi connectivity index (χ1) is 17.0. The number of rotatable bonds is 2. The molecule has 4 aliphatic carbocycles. The van der Waals surface area contributed by atoms with Gasteiger partial charge in [0.15, 0.2) is 0 Å². The van der Waals surface area contributed by atoms with Gasteiger partial charge in [0.1, 0.15) is 0 Å². The molecule has 2 heterocycles. The van der Waals surface area contributed by atoms with Crippen LogP contribution < -0.4 is 0 Å². The topological polar surface area (TPSA) is 54.8 Å². The van der Waals surface area contributed by atoms with E-state index in [-0.39, 0.29) is 16.9 Å². The Labute approximate surface area is 209 Å². The SMILES string of the molecule is C[C@]12CCC(=NOC(=O)N3CCCCC3)C=C1CC[C@H]1[C@@H]2CC[C@]2(C)C(c3cccnc3)=CC[C@@H]12. The lowest BCUT2D eigenvalue weighted by atomic mass is 9.46. The van der Waals surface area contributed by atoms with Gasteiger partial charge < -0.3 is 4.90 Å². The average Bonchev–Trinajstić information content (AvgIpc) is 3.25. The van der Waals surface area contributed by atoms with Gasteiger partial charge in [-0.15, -0.1) is 0 Å². The van der Waals surface area contributed by atoms with Crippen LogP contribution in [0.3, 0.4) is 0 Å². The second-order valence-corrected chi connectivity index (χ2v) is 12.0. The lowest BCUT2D eigenvalue weighted by Gasteiger charge is -2.58. The number of hydrogen-bond donors (Lipinski definition) is 0. The summed E-state index contributed by atoms with van der Waals surface area (Å²) in [5, 5.41) is 4.33. The fourth-order valence-electron chi connectivity index (χ4n) is 8.41. The lowest BCUT2D eigenvalue weighted by Crippen LogP contribution is -2.49. The molecule has 1 aliphatic heterocycles. The van der Waals surface area contributed by atoms with Crippen LogP contribution in [-0.2, 0) is 4.84 Å². The van der Waals surface area contributed by atoms with E-state index >= 15 is 0 Å². The summed E-state index contributed by atoms with van der Waals surface area (Å²) in [7, 11) is 0. The summed E-state index contributed by atoms with van der Waals surface area (Å²) in [4.78, 5) is 24.0. The molecule has 0 aromatic carbocycles. The van der Waals surface area contributed by atoms with E-state index in [0.29, 0.717) is 0 Å². The van der Waals surface area contributed by atoms with Gasteiger partial charge in [-0.05, 0) is 116 Å². The van der Waals surface area contributed by atoms with Crippen LogP contribution in [0.4, 0.5) is 4.79 Å². The van der Waals surface area contributed by atoms with Crippen molar-refractivity contribution in [3.63, 3.8) is 0 Å². The fourth-order valence-corrected chi connectivity index (χ4v) is 8.41. The molecule has 2 saturated carbocycles. The van der Waals surface area contributed by atoms with Crippen LogP contribution in [0, 0.1) is 28.6 Å². The zero-order chi connectivity index (χ0) is 24.0. The Morgan fingerprint density at radius 2 is 1.94 bits per heavy atom. The van der Waals surface area contributed by atoms with Crippen LogP contribution in [0.5, 0.6) is 0 Å². The monoisotopic (exact) mass is 473 g/mol. The first-order valence-corrected chi connectivity index (χ1v) is 13.8. The number of oxime groups is 1. The first-order valence-electron chi connectivity index (χ1n) is 13.8. The van der Waals surface area contributed by atoms with Crippen LogP contribution in [0.15, 0.2) is 47.4 Å². The predicted octanol–water partition coefficient (Wildman–Crippen LogP) is 7.02. The summed E-state index contributed by atoms with van der Waals surface area (Å²) in [5.74, 6) is 2.24. The summed E-state index contributed by atoms with van der Waals surface area (Å²) in [6.45, 7) is 6.63. The second-order valence-electron chi connectivity index (χ2n) is 12.0. The molecule has 1 aromatic rings. The molecule has 5 atom stereocenters. The van der Waals surface area contributed by atoms with Gasteiger partial charge in [-0.25, -0.2) is 4.79 Å². The maximum atomic E-state index is 12.4. The predicted molar refractivity (Wildman–Crippen MR) is 139 cm³/mol. The fraction of sp³-hybridized carbons (Fsp3) is 0.633. The molecule has 0 spiro atoms. The molecular weight excluding hydrogens is 434 g/mol. The summed E-state index contributed by atoms with van der Waals surface area (Å²) >= 11 is 0. The van der Waals surface area contributed by atoms with Gasteiger partial charge in [0.2, 0.25) is 0 Å². The van der Waals surface area contributed by atoms with Crippen LogP contribution in [0.2, 0.25) is 0 Å². The average molecular weight is 474 g/mol. The van der Waals surface area contributed by atoms with Crippen molar-refractivity contribution in [1.29, 1.82) is 0 Å². The van der Waals surface area contributed by atoms with Crippen molar-refractivity contribution in [1.82, 2.24) is 9.88 Å². The molecule has 0 bridgehead atoms. The molecule has 1 saturated heterocycles. The third-order valence-electron chi connectivity index (χ3n) is 10.4. The minimum atomic E-state index is -0.280. The number of carbonyl (C=O) groups is 1. The number of carbonyl (C=O) groups excluding carboxylic acids is 1. The van der Waals surface area contributed by atoms with Gasteiger partial charge in [-0.1, -0.05) is 36.7 Å². The summed E-state index contributed by atoms with van der Waals surface area (Å²) in [5.41, 5.74) is 5.86. The van der Waals surface area contributed by atoms with E-state index in [9.17, 15) is 4.79 Å².